The van der Waals surface area contributed by atoms with Crippen molar-refractivity contribution in [2.24, 2.45) is 0 Å². The standard InChI is InChI=1S/C21H27NO5S/c1-3-4-5-17-6-8-18(9-7-17)14-22(28(2,25)26)15-19-10-12-20(13-11-19)27-16-21(23)24/h6-13H,3-5,14-16H2,1-2H3,(H,23,24). The van der Waals surface area contributed by atoms with Crippen LogP contribution < -0.4 is 4.74 Å². The largest absolute Gasteiger partial charge is 0.482 e. The minimum absolute atomic E-state index is 0.232. The number of nitrogens with zero attached hydrogens (tertiary/aromatic N) is 1. The Labute approximate surface area is 166 Å². The number of ether oxygens (including phenoxy) is 1. The van der Waals surface area contributed by atoms with E-state index in [9.17, 15) is 13.2 Å². The van der Waals surface area contributed by atoms with E-state index in [2.05, 4.69) is 19.1 Å². The third-order valence-corrected chi connectivity index (χ3v) is 5.51. The first-order valence-corrected chi connectivity index (χ1v) is 11.1. The van der Waals surface area contributed by atoms with Gasteiger partial charge in [0.25, 0.3) is 0 Å². The van der Waals surface area contributed by atoms with Gasteiger partial charge >= 0.3 is 5.97 Å². The summed E-state index contributed by atoms with van der Waals surface area (Å²) in [5.41, 5.74) is 2.99. The molecule has 28 heavy (non-hydrogen) atoms. The molecule has 152 valence electrons. The summed E-state index contributed by atoms with van der Waals surface area (Å²) < 4.78 is 31.0. The number of sulfonamides is 1. The molecular formula is C21H27NO5S. The Morgan fingerprint density at radius 3 is 1.93 bits per heavy atom. The zero-order chi connectivity index (χ0) is 20.6. The molecular weight excluding hydrogens is 378 g/mol. The van der Waals surface area contributed by atoms with Crippen LogP contribution in [0.25, 0.3) is 0 Å². The fraction of sp³-hybridized carbons (Fsp3) is 0.381. The van der Waals surface area contributed by atoms with E-state index in [0.29, 0.717) is 12.3 Å². The quantitative estimate of drug-likeness (QED) is 0.619. The Morgan fingerprint density at radius 1 is 0.964 bits per heavy atom. The molecule has 0 bridgehead atoms. The van der Waals surface area contributed by atoms with Crippen LogP contribution in [-0.4, -0.2) is 36.7 Å². The van der Waals surface area contributed by atoms with Gasteiger partial charge in [0.05, 0.1) is 6.26 Å². The molecule has 0 amide bonds. The highest BCUT2D eigenvalue weighted by molar-refractivity contribution is 7.88. The number of benzene rings is 2. The zero-order valence-corrected chi connectivity index (χ0v) is 17.1. The lowest BCUT2D eigenvalue weighted by Crippen LogP contribution is -2.29. The minimum atomic E-state index is -3.39. The van der Waals surface area contributed by atoms with Gasteiger partial charge < -0.3 is 9.84 Å². The molecule has 2 aromatic rings. The van der Waals surface area contributed by atoms with Crippen LogP contribution in [0, 0.1) is 0 Å². The topological polar surface area (TPSA) is 83.9 Å². The van der Waals surface area contributed by atoms with E-state index in [4.69, 9.17) is 9.84 Å². The molecule has 0 spiro atoms. The first-order valence-electron chi connectivity index (χ1n) is 9.24. The van der Waals surface area contributed by atoms with Gasteiger partial charge in [-0.25, -0.2) is 13.2 Å². The number of rotatable bonds is 11. The third kappa shape index (κ3) is 7.32. The minimum Gasteiger partial charge on any atom is -0.482 e. The summed E-state index contributed by atoms with van der Waals surface area (Å²) in [7, 11) is -3.39. The van der Waals surface area contributed by atoms with Gasteiger partial charge in [-0.2, -0.15) is 4.31 Å². The summed E-state index contributed by atoms with van der Waals surface area (Å²) in [4.78, 5) is 10.5. The zero-order valence-electron chi connectivity index (χ0n) is 16.3. The van der Waals surface area contributed by atoms with E-state index in [0.717, 1.165) is 30.4 Å². The number of hydrogen-bond donors (Lipinski definition) is 1. The van der Waals surface area contributed by atoms with Gasteiger partial charge in [0.2, 0.25) is 10.0 Å². The third-order valence-electron chi connectivity index (χ3n) is 4.31. The van der Waals surface area contributed by atoms with Gasteiger partial charge in [0.15, 0.2) is 6.61 Å². The molecule has 1 N–H and O–H groups in total. The van der Waals surface area contributed by atoms with Crippen molar-refractivity contribution in [1.82, 2.24) is 4.31 Å². The molecule has 0 saturated carbocycles. The van der Waals surface area contributed by atoms with Gasteiger partial charge in [-0.3, -0.25) is 0 Å². The van der Waals surface area contributed by atoms with Gasteiger partial charge in [0, 0.05) is 13.1 Å². The Hall–Kier alpha value is -2.38. The van der Waals surface area contributed by atoms with Crippen molar-refractivity contribution in [2.45, 2.75) is 39.3 Å². The van der Waals surface area contributed by atoms with Crippen molar-refractivity contribution in [1.29, 1.82) is 0 Å². The highest BCUT2D eigenvalue weighted by atomic mass is 32.2. The summed E-state index contributed by atoms with van der Waals surface area (Å²) in [6, 6.07) is 14.8. The second-order valence-electron chi connectivity index (χ2n) is 6.78. The summed E-state index contributed by atoms with van der Waals surface area (Å²) >= 11 is 0. The molecule has 0 saturated heterocycles. The molecule has 0 unspecified atom stereocenters. The lowest BCUT2D eigenvalue weighted by molar-refractivity contribution is -0.139. The van der Waals surface area contributed by atoms with Crippen molar-refractivity contribution in [3.63, 3.8) is 0 Å². The first-order chi connectivity index (χ1) is 13.3. The number of carboxylic acid groups (broad SMARTS) is 1. The molecule has 6 nitrogen and oxygen atoms in total. The molecule has 2 rings (SSSR count). The van der Waals surface area contributed by atoms with Crippen LogP contribution in [0.1, 0.15) is 36.5 Å². The maximum Gasteiger partial charge on any atom is 0.341 e. The highest BCUT2D eigenvalue weighted by Gasteiger charge is 2.17. The van der Waals surface area contributed by atoms with Crippen LogP contribution >= 0.6 is 0 Å². The Bertz CT molecular complexity index is 861. The lowest BCUT2D eigenvalue weighted by atomic mass is 10.1. The van der Waals surface area contributed by atoms with Crippen LogP contribution in [0.15, 0.2) is 48.5 Å². The SMILES string of the molecule is CCCCc1ccc(CN(Cc2ccc(OCC(=O)O)cc2)S(C)(=O)=O)cc1. The number of aryl methyl sites for hydroxylation is 1. The normalized spacial score (nSPS) is 11.5. The summed E-state index contributed by atoms with van der Waals surface area (Å²) in [6.45, 7) is 2.27. The number of hydrogen-bond acceptors (Lipinski definition) is 4. The smallest absolute Gasteiger partial charge is 0.341 e. The molecule has 0 atom stereocenters. The van der Waals surface area contributed by atoms with E-state index >= 15 is 0 Å². The molecule has 0 radical (unpaired) electrons. The number of carbonyl (C=O) groups is 1. The van der Waals surface area contributed by atoms with Crippen molar-refractivity contribution in [3.05, 3.63) is 65.2 Å². The molecule has 0 aliphatic rings. The van der Waals surface area contributed by atoms with Crippen LogP contribution in [0.2, 0.25) is 0 Å². The Balaban J connectivity index is 2.05. The number of carboxylic acids is 1. The second-order valence-corrected chi connectivity index (χ2v) is 8.76. The summed E-state index contributed by atoms with van der Waals surface area (Å²) in [6.07, 6.45) is 4.51. The summed E-state index contributed by atoms with van der Waals surface area (Å²) in [5.74, 6) is -0.618. The highest BCUT2D eigenvalue weighted by Crippen LogP contribution is 2.18. The van der Waals surface area contributed by atoms with Gasteiger partial charge in [-0.1, -0.05) is 49.7 Å². The fourth-order valence-corrected chi connectivity index (χ4v) is 3.49. The van der Waals surface area contributed by atoms with Crippen molar-refractivity contribution in [2.75, 3.05) is 12.9 Å². The van der Waals surface area contributed by atoms with E-state index in [-0.39, 0.29) is 6.54 Å². The predicted molar refractivity (Wildman–Crippen MR) is 109 cm³/mol. The van der Waals surface area contributed by atoms with E-state index in [1.807, 2.05) is 12.1 Å². The average molecular weight is 406 g/mol. The molecule has 0 aliphatic carbocycles. The molecule has 0 aromatic heterocycles. The Kier molecular flexibility index (Phi) is 8.02. The second kappa shape index (κ2) is 10.2. The van der Waals surface area contributed by atoms with E-state index < -0.39 is 22.6 Å². The van der Waals surface area contributed by atoms with Crippen LogP contribution in [0.4, 0.5) is 0 Å². The van der Waals surface area contributed by atoms with Crippen LogP contribution in [0.3, 0.4) is 0 Å². The first kappa shape index (κ1) is 21.9. The average Bonchev–Trinajstić information content (AvgIpc) is 2.65. The van der Waals surface area contributed by atoms with E-state index in [1.54, 1.807) is 24.3 Å². The molecule has 0 heterocycles. The van der Waals surface area contributed by atoms with Crippen molar-refractivity contribution < 1.29 is 23.1 Å². The molecule has 7 heteroatoms. The Morgan fingerprint density at radius 2 is 1.46 bits per heavy atom. The fourth-order valence-electron chi connectivity index (χ4n) is 2.73. The van der Waals surface area contributed by atoms with Gasteiger partial charge in [0.1, 0.15) is 5.75 Å². The number of unbranched alkanes of at least 4 members (excludes halogenated alkanes) is 1. The van der Waals surface area contributed by atoms with Gasteiger partial charge in [-0.15, -0.1) is 0 Å². The van der Waals surface area contributed by atoms with Crippen molar-refractivity contribution >= 4 is 16.0 Å². The summed E-state index contributed by atoms with van der Waals surface area (Å²) in [5, 5.41) is 8.64. The molecule has 2 aromatic carbocycles. The monoisotopic (exact) mass is 405 g/mol. The maximum atomic E-state index is 12.2. The number of aliphatic carboxylic acids is 1. The van der Waals surface area contributed by atoms with E-state index in [1.165, 1.54) is 16.1 Å². The van der Waals surface area contributed by atoms with Crippen molar-refractivity contribution in [3.8, 4) is 5.75 Å². The van der Waals surface area contributed by atoms with Crippen LogP contribution in [-0.2, 0) is 34.3 Å². The van der Waals surface area contributed by atoms with Gasteiger partial charge in [-0.05, 0) is 41.7 Å². The van der Waals surface area contributed by atoms with Crippen LogP contribution in [0.5, 0.6) is 5.75 Å². The molecule has 0 fully saturated rings. The predicted octanol–water partition coefficient (Wildman–Crippen LogP) is 3.45. The molecule has 0 aliphatic heterocycles. The lowest BCUT2D eigenvalue weighted by Gasteiger charge is -2.20. The maximum absolute atomic E-state index is 12.2.